The number of nitrogens with zero attached hydrogens (tertiary/aromatic N) is 2. The number of benzene rings is 2. The average Bonchev–Trinajstić information content (AvgIpc) is 2.67. The van der Waals surface area contributed by atoms with Crippen LogP contribution in [0, 0.1) is 0 Å². The number of morpholine rings is 1. The maximum atomic E-state index is 13.0. The molecule has 1 fully saturated rings. The zero-order valence-electron chi connectivity index (χ0n) is 16.9. The summed E-state index contributed by atoms with van der Waals surface area (Å²) >= 11 is 0. The molecule has 0 bridgehead atoms. The van der Waals surface area contributed by atoms with E-state index < -0.39 is 10.0 Å². The molecule has 3 rings (SSSR count). The zero-order valence-corrected chi connectivity index (χ0v) is 17.7. The lowest BCUT2D eigenvalue weighted by atomic mass is 10.2. The molecule has 1 heterocycles. The van der Waals surface area contributed by atoms with Crippen LogP contribution in [0.15, 0.2) is 59.5 Å². The molecule has 7 nitrogen and oxygen atoms in total. The van der Waals surface area contributed by atoms with Crippen molar-refractivity contribution < 1.29 is 17.9 Å². The fourth-order valence-electron chi connectivity index (χ4n) is 3.49. The molecule has 1 saturated heterocycles. The summed E-state index contributed by atoms with van der Waals surface area (Å²) in [6.45, 7) is 5.58. The summed E-state index contributed by atoms with van der Waals surface area (Å²) in [6, 6.07) is 15.2. The Bertz CT molecular complexity index is 939. The second kappa shape index (κ2) is 8.94. The summed E-state index contributed by atoms with van der Waals surface area (Å²) in [6.07, 6.45) is 0.155. The first-order valence-corrected chi connectivity index (χ1v) is 11.0. The van der Waals surface area contributed by atoms with Crippen molar-refractivity contribution in [2.45, 2.75) is 31.0 Å². The Morgan fingerprint density at radius 3 is 2.41 bits per heavy atom. The van der Waals surface area contributed by atoms with Gasteiger partial charge in [-0.25, -0.2) is 8.42 Å². The first-order valence-electron chi connectivity index (χ1n) is 9.57. The number of nitrogens with one attached hydrogen (secondary N) is 1. The summed E-state index contributed by atoms with van der Waals surface area (Å²) in [4.78, 5) is 14.6. The van der Waals surface area contributed by atoms with Crippen molar-refractivity contribution in [1.82, 2.24) is 4.90 Å². The standard InChI is InChI=1S/C21H27N3O4S/c1-16-13-24(14-17(2)28-16)15-21(25)22-18-8-7-11-20(12-18)29(26,27)23(3)19-9-5-4-6-10-19/h4-12,16-17H,13-15H2,1-3H3,(H,22,25)/t16-,17-/m1/s1. The molecule has 2 aromatic rings. The fraction of sp³-hybridized carbons (Fsp3) is 0.381. The Hall–Kier alpha value is -2.42. The Morgan fingerprint density at radius 1 is 1.10 bits per heavy atom. The highest BCUT2D eigenvalue weighted by molar-refractivity contribution is 7.92. The van der Waals surface area contributed by atoms with Crippen molar-refractivity contribution >= 4 is 27.3 Å². The van der Waals surface area contributed by atoms with Gasteiger partial charge in [-0.05, 0) is 44.2 Å². The van der Waals surface area contributed by atoms with Gasteiger partial charge in [-0.3, -0.25) is 14.0 Å². The second-order valence-corrected chi connectivity index (χ2v) is 9.30. The van der Waals surface area contributed by atoms with Crippen LogP contribution in [-0.2, 0) is 19.6 Å². The Morgan fingerprint density at radius 2 is 1.76 bits per heavy atom. The molecule has 29 heavy (non-hydrogen) atoms. The third-order valence-electron chi connectivity index (χ3n) is 4.76. The van der Waals surface area contributed by atoms with E-state index in [1.165, 1.54) is 23.5 Å². The molecule has 8 heteroatoms. The lowest BCUT2D eigenvalue weighted by molar-refractivity contribution is -0.121. The van der Waals surface area contributed by atoms with Gasteiger partial charge in [0.2, 0.25) is 5.91 Å². The summed E-state index contributed by atoms with van der Waals surface area (Å²) in [5.74, 6) is -0.183. The SMILES string of the molecule is C[C@@H]1CN(CC(=O)Nc2cccc(S(=O)(=O)N(C)c3ccccc3)c2)C[C@@H](C)O1. The molecule has 1 aliphatic rings. The predicted octanol–water partition coefficient (Wildman–Crippen LogP) is 2.56. The number of anilines is 2. The number of sulfonamides is 1. The number of hydrogen-bond acceptors (Lipinski definition) is 5. The molecule has 1 aliphatic heterocycles. The number of carbonyl (C=O) groups excluding carboxylic acids is 1. The van der Waals surface area contributed by atoms with Gasteiger partial charge < -0.3 is 10.1 Å². The quantitative estimate of drug-likeness (QED) is 0.782. The van der Waals surface area contributed by atoms with Gasteiger partial charge in [0.25, 0.3) is 10.0 Å². The minimum absolute atomic E-state index is 0.0774. The molecule has 1 amide bonds. The molecular weight excluding hydrogens is 390 g/mol. The van der Waals surface area contributed by atoms with Crippen LogP contribution in [-0.4, -0.2) is 58.1 Å². The second-order valence-electron chi connectivity index (χ2n) is 7.34. The van der Waals surface area contributed by atoms with Crippen LogP contribution < -0.4 is 9.62 Å². The van der Waals surface area contributed by atoms with Gasteiger partial charge in [-0.2, -0.15) is 0 Å². The highest BCUT2D eigenvalue weighted by atomic mass is 32.2. The van der Waals surface area contributed by atoms with Crippen LogP contribution in [0.5, 0.6) is 0 Å². The minimum atomic E-state index is -3.74. The molecule has 1 N–H and O–H groups in total. The smallest absolute Gasteiger partial charge is 0.264 e. The van der Waals surface area contributed by atoms with Gasteiger partial charge in [0.1, 0.15) is 0 Å². The van der Waals surface area contributed by atoms with E-state index in [-0.39, 0.29) is 29.6 Å². The number of para-hydroxylation sites is 1. The zero-order chi connectivity index (χ0) is 21.0. The highest BCUT2D eigenvalue weighted by Crippen LogP contribution is 2.23. The molecule has 0 saturated carbocycles. The molecule has 0 aliphatic carbocycles. The Balaban J connectivity index is 1.70. The fourth-order valence-corrected chi connectivity index (χ4v) is 4.73. The van der Waals surface area contributed by atoms with Crippen LogP contribution in [0.1, 0.15) is 13.8 Å². The van der Waals surface area contributed by atoms with Crippen LogP contribution in [0.2, 0.25) is 0 Å². The summed E-state index contributed by atoms with van der Waals surface area (Å²) < 4.78 is 32.8. The number of carbonyl (C=O) groups is 1. The van der Waals surface area contributed by atoms with Crippen molar-refractivity contribution in [1.29, 1.82) is 0 Å². The van der Waals surface area contributed by atoms with Crippen LogP contribution >= 0.6 is 0 Å². The normalized spacial score (nSPS) is 20.2. The molecular formula is C21H27N3O4S. The van der Waals surface area contributed by atoms with E-state index >= 15 is 0 Å². The topological polar surface area (TPSA) is 79.0 Å². The van der Waals surface area contributed by atoms with Gasteiger partial charge in [0.15, 0.2) is 0 Å². The van der Waals surface area contributed by atoms with Gasteiger partial charge in [-0.15, -0.1) is 0 Å². The molecule has 0 aromatic heterocycles. The lowest BCUT2D eigenvalue weighted by Crippen LogP contribution is -2.48. The van der Waals surface area contributed by atoms with Crippen LogP contribution in [0.3, 0.4) is 0 Å². The number of rotatable bonds is 6. The van der Waals surface area contributed by atoms with Crippen molar-refractivity contribution in [2.24, 2.45) is 0 Å². The van der Waals surface area contributed by atoms with E-state index in [1.807, 2.05) is 24.8 Å². The van der Waals surface area contributed by atoms with E-state index in [0.717, 1.165) is 0 Å². The van der Waals surface area contributed by atoms with Crippen molar-refractivity contribution in [3.8, 4) is 0 Å². The largest absolute Gasteiger partial charge is 0.373 e. The van der Waals surface area contributed by atoms with E-state index in [9.17, 15) is 13.2 Å². The van der Waals surface area contributed by atoms with Crippen molar-refractivity contribution in [3.63, 3.8) is 0 Å². The molecule has 2 aromatic carbocycles. The van der Waals surface area contributed by atoms with Crippen LogP contribution in [0.4, 0.5) is 11.4 Å². The average molecular weight is 418 g/mol. The van der Waals surface area contributed by atoms with Gasteiger partial charge >= 0.3 is 0 Å². The van der Waals surface area contributed by atoms with Crippen molar-refractivity contribution in [2.75, 3.05) is 36.3 Å². The molecule has 0 unspecified atom stereocenters. The van der Waals surface area contributed by atoms with Gasteiger partial charge in [0.05, 0.1) is 29.3 Å². The monoisotopic (exact) mass is 417 g/mol. The molecule has 0 radical (unpaired) electrons. The summed E-state index contributed by atoms with van der Waals surface area (Å²) in [5, 5.41) is 2.81. The third-order valence-corrected chi connectivity index (χ3v) is 6.54. The first kappa shape index (κ1) is 21.3. The third kappa shape index (κ3) is 5.35. The maximum Gasteiger partial charge on any atom is 0.264 e. The van der Waals surface area contributed by atoms with E-state index in [4.69, 9.17) is 4.74 Å². The van der Waals surface area contributed by atoms with Gasteiger partial charge in [-0.1, -0.05) is 24.3 Å². The van der Waals surface area contributed by atoms with E-state index in [0.29, 0.717) is 24.5 Å². The maximum absolute atomic E-state index is 13.0. The lowest BCUT2D eigenvalue weighted by Gasteiger charge is -2.34. The number of hydrogen-bond donors (Lipinski definition) is 1. The Kier molecular flexibility index (Phi) is 6.56. The Labute approximate surface area is 172 Å². The first-order chi connectivity index (χ1) is 13.8. The predicted molar refractivity (Wildman–Crippen MR) is 114 cm³/mol. The summed E-state index contributed by atoms with van der Waals surface area (Å²) in [7, 11) is -2.23. The number of ether oxygens (including phenoxy) is 1. The van der Waals surface area contributed by atoms with E-state index in [2.05, 4.69) is 5.32 Å². The number of amides is 1. The van der Waals surface area contributed by atoms with E-state index in [1.54, 1.807) is 36.4 Å². The summed E-state index contributed by atoms with van der Waals surface area (Å²) in [5.41, 5.74) is 1.02. The molecule has 0 spiro atoms. The minimum Gasteiger partial charge on any atom is -0.373 e. The van der Waals surface area contributed by atoms with Crippen molar-refractivity contribution in [3.05, 3.63) is 54.6 Å². The highest BCUT2D eigenvalue weighted by Gasteiger charge is 2.24. The van der Waals surface area contributed by atoms with Crippen LogP contribution in [0.25, 0.3) is 0 Å². The molecule has 156 valence electrons. The molecule has 2 atom stereocenters. The van der Waals surface area contributed by atoms with Gasteiger partial charge in [0, 0.05) is 25.8 Å².